The summed E-state index contributed by atoms with van der Waals surface area (Å²) >= 11 is 0. The number of likely N-dealkylation sites (tertiary alicyclic amines) is 1. The molecule has 1 aliphatic rings. The number of carbonyl (C=O) groups is 1. The number of hydrogen-bond donors (Lipinski definition) is 1. The Morgan fingerprint density at radius 1 is 1.39 bits per heavy atom. The van der Waals surface area contributed by atoms with E-state index in [1.165, 1.54) is 12.1 Å². The number of piperidine rings is 1. The molecule has 23 heavy (non-hydrogen) atoms. The summed E-state index contributed by atoms with van der Waals surface area (Å²) in [5.41, 5.74) is 7.09. The second kappa shape index (κ2) is 8.08. The zero-order valence-corrected chi connectivity index (χ0v) is 14.9. The molecule has 0 saturated carbocycles. The largest absolute Gasteiger partial charge is 0.340 e. The predicted octanol–water partition coefficient (Wildman–Crippen LogP) is 2.27. The lowest BCUT2D eigenvalue weighted by Crippen LogP contribution is -2.54. The monoisotopic (exact) mass is 343 g/mol. The van der Waals surface area contributed by atoms with Gasteiger partial charge in [-0.15, -0.1) is 12.4 Å². The highest BCUT2D eigenvalue weighted by Gasteiger charge is 2.34. The second-order valence-corrected chi connectivity index (χ2v) is 6.97. The number of nitrogens with zero attached hydrogens (tertiary/aromatic N) is 2. The molecule has 1 unspecified atom stereocenters. The maximum atomic E-state index is 12.9. The van der Waals surface area contributed by atoms with Crippen LogP contribution >= 0.6 is 12.4 Å². The molecular formula is C17H27ClFN3O. The van der Waals surface area contributed by atoms with Gasteiger partial charge in [-0.05, 0) is 29.5 Å². The summed E-state index contributed by atoms with van der Waals surface area (Å²) in [7, 11) is 1.78. The molecule has 0 spiro atoms. The lowest BCUT2D eigenvalue weighted by atomic mass is 9.80. The fourth-order valence-corrected chi connectivity index (χ4v) is 2.88. The molecule has 1 aromatic carbocycles. The summed E-state index contributed by atoms with van der Waals surface area (Å²) in [5, 5.41) is 0. The molecule has 6 heteroatoms. The minimum atomic E-state index is -0.260. The van der Waals surface area contributed by atoms with E-state index in [-0.39, 0.29) is 35.6 Å². The van der Waals surface area contributed by atoms with Gasteiger partial charge in [-0.25, -0.2) is 4.39 Å². The van der Waals surface area contributed by atoms with Crippen molar-refractivity contribution in [3.05, 3.63) is 35.6 Å². The molecule has 2 N–H and O–H groups in total. The van der Waals surface area contributed by atoms with Gasteiger partial charge in [-0.3, -0.25) is 9.69 Å². The van der Waals surface area contributed by atoms with Gasteiger partial charge in [0, 0.05) is 32.7 Å². The summed E-state index contributed by atoms with van der Waals surface area (Å²) in [4.78, 5) is 16.2. The molecule has 0 aromatic heterocycles. The number of benzene rings is 1. The van der Waals surface area contributed by atoms with E-state index in [0.29, 0.717) is 13.1 Å². The Labute approximate surface area is 144 Å². The van der Waals surface area contributed by atoms with Crippen LogP contribution in [0.3, 0.4) is 0 Å². The van der Waals surface area contributed by atoms with E-state index >= 15 is 0 Å². The Balaban J connectivity index is 0.00000264. The van der Waals surface area contributed by atoms with Gasteiger partial charge in [0.25, 0.3) is 0 Å². The maximum absolute atomic E-state index is 12.9. The highest BCUT2D eigenvalue weighted by molar-refractivity contribution is 5.85. The van der Waals surface area contributed by atoms with Crippen LogP contribution in [-0.4, -0.2) is 48.4 Å². The lowest BCUT2D eigenvalue weighted by molar-refractivity contribution is -0.132. The van der Waals surface area contributed by atoms with E-state index in [0.717, 1.165) is 25.1 Å². The minimum Gasteiger partial charge on any atom is -0.340 e. The van der Waals surface area contributed by atoms with Crippen LogP contribution < -0.4 is 5.73 Å². The highest BCUT2D eigenvalue weighted by atomic mass is 35.5. The summed E-state index contributed by atoms with van der Waals surface area (Å²) in [5.74, 6) is -0.180. The fraction of sp³-hybridized carbons (Fsp3) is 0.588. The van der Waals surface area contributed by atoms with Crippen LogP contribution in [-0.2, 0) is 11.3 Å². The van der Waals surface area contributed by atoms with Gasteiger partial charge >= 0.3 is 0 Å². The number of halogens is 2. The molecule has 1 heterocycles. The molecule has 4 nitrogen and oxygen atoms in total. The van der Waals surface area contributed by atoms with Crippen LogP contribution in [0.4, 0.5) is 4.39 Å². The zero-order chi connectivity index (χ0) is 16.3. The van der Waals surface area contributed by atoms with Gasteiger partial charge in [-0.2, -0.15) is 0 Å². The van der Waals surface area contributed by atoms with Crippen molar-refractivity contribution in [2.75, 3.05) is 26.7 Å². The maximum Gasteiger partial charge on any atom is 0.236 e. The molecule has 130 valence electrons. The third kappa shape index (κ3) is 5.44. The first-order valence-corrected chi connectivity index (χ1v) is 7.74. The molecule has 0 radical (unpaired) electrons. The molecule has 0 bridgehead atoms. The van der Waals surface area contributed by atoms with Crippen molar-refractivity contribution in [3.63, 3.8) is 0 Å². The van der Waals surface area contributed by atoms with E-state index in [4.69, 9.17) is 5.73 Å². The lowest BCUT2D eigenvalue weighted by Gasteiger charge is -2.42. The Morgan fingerprint density at radius 2 is 2.00 bits per heavy atom. The second-order valence-electron chi connectivity index (χ2n) is 6.97. The van der Waals surface area contributed by atoms with Crippen LogP contribution in [0.5, 0.6) is 0 Å². The standard InChI is InChI=1S/C17H26FN3O.ClH/c1-17(2)12-21(9-8-15(17)19)11-16(22)20(3)10-13-4-6-14(18)7-5-13;/h4-7,15H,8-12,19H2,1-3H3;1H. The quantitative estimate of drug-likeness (QED) is 0.912. The zero-order valence-electron chi connectivity index (χ0n) is 14.1. The minimum absolute atomic E-state index is 0. The van der Waals surface area contributed by atoms with Crippen LogP contribution in [0.2, 0.25) is 0 Å². The van der Waals surface area contributed by atoms with Gasteiger partial charge < -0.3 is 10.6 Å². The Morgan fingerprint density at radius 3 is 2.57 bits per heavy atom. The summed E-state index contributed by atoms with van der Waals surface area (Å²) < 4.78 is 12.9. The molecule has 1 aromatic rings. The van der Waals surface area contributed by atoms with Crippen LogP contribution in [0.25, 0.3) is 0 Å². The molecule has 1 fully saturated rings. The SMILES string of the molecule is CN(Cc1ccc(F)cc1)C(=O)CN1CCC(N)C(C)(C)C1.Cl. The average molecular weight is 344 g/mol. The molecule has 2 rings (SSSR count). The molecule has 1 atom stereocenters. The van der Waals surface area contributed by atoms with Gasteiger partial charge in [0.1, 0.15) is 5.82 Å². The number of rotatable bonds is 4. The topological polar surface area (TPSA) is 49.6 Å². The fourth-order valence-electron chi connectivity index (χ4n) is 2.88. The number of amides is 1. The molecule has 1 amide bonds. The molecular weight excluding hydrogens is 317 g/mol. The molecule has 1 saturated heterocycles. The first-order chi connectivity index (χ1) is 10.3. The van der Waals surface area contributed by atoms with Crippen molar-refractivity contribution < 1.29 is 9.18 Å². The summed E-state index contributed by atoms with van der Waals surface area (Å²) in [6.07, 6.45) is 0.919. The van der Waals surface area contributed by atoms with Gasteiger partial charge in [0.05, 0.1) is 6.54 Å². The summed E-state index contributed by atoms with van der Waals surface area (Å²) in [6, 6.07) is 6.45. The molecule has 1 aliphatic heterocycles. The predicted molar refractivity (Wildman–Crippen MR) is 92.9 cm³/mol. The van der Waals surface area contributed by atoms with Gasteiger partial charge in [0.15, 0.2) is 0 Å². The van der Waals surface area contributed by atoms with E-state index in [1.807, 2.05) is 0 Å². The highest BCUT2D eigenvalue weighted by Crippen LogP contribution is 2.27. The number of carbonyl (C=O) groups excluding carboxylic acids is 1. The van der Waals surface area contributed by atoms with E-state index in [9.17, 15) is 9.18 Å². The van der Waals surface area contributed by atoms with Crippen molar-refractivity contribution in [1.82, 2.24) is 9.80 Å². The smallest absolute Gasteiger partial charge is 0.236 e. The third-order valence-electron chi connectivity index (χ3n) is 4.51. The van der Waals surface area contributed by atoms with Crippen LogP contribution in [0, 0.1) is 11.2 Å². The van der Waals surface area contributed by atoms with Crippen molar-refractivity contribution >= 4 is 18.3 Å². The van der Waals surface area contributed by atoms with E-state index < -0.39 is 0 Å². The average Bonchev–Trinajstić information content (AvgIpc) is 2.45. The Bertz CT molecular complexity index is 521. The Kier molecular flexibility index (Phi) is 6.99. The first-order valence-electron chi connectivity index (χ1n) is 7.74. The molecule has 0 aliphatic carbocycles. The van der Waals surface area contributed by atoms with Gasteiger partial charge in [0.2, 0.25) is 5.91 Å². The van der Waals surface area contributed by atoms with Crippen molar-refractivity contribution in [2.45, 2.75) is 32.9 Å². The van der Waals surface area contributed by atoms with Crippen molar-refractivity contribution in [2.24, 2.45) is 11.1 Å². The number of likely N-dealkylation sites (N-methyl/N-ethyl adjacent to an activating group) is 1. The normalized spacial score (nSPS) is 20.7. The van der Waals surface area contributed by atoms with Crippen molar-refractivity contribution in [1.29, 1.82) is 0 Å². The number of nitrogens with two attached hydrogens (primary N) is 1. The van der Waals surface area contributed by atoms with E-state index in [1.54, 1.807) is 24.1 Å². The van der Waals surface area contributed by atoms with E-state index in [2.05, 4.69) is 18.7 Å². The first kappa shape index (κ1) is 19.9. The Hall–Kier alpha value is -1.17. The van der Waals surface area contributed by atoms with Crippen LogP contribution in [0.1, 0.15) is 25.8 Å². The third-order valence-corrected chi connectivity index (χ3v) is 4.51. The number of hydrogen-bond acceptors (Lipinski definition) is 3. The van der Waals surface area contributed by atoms with Gasteiger partial charge in [-0.1, -0.05) is 26.0 Å². The summed E-state index contributed by atoms with van der Waals surface area (Å²) in [6.45, 7) is 6.90. The van der Waals surface area contributed by atoms with Crippen LogP contribution in [0.15, 0.2) is 24.3 Å². The van der Waals surface area contributed by atoms with Crippen molar-refractivity contribution in [3.8, 4) is 0 Å².